The van der Waals surface area contributed by atoms with Crippen molar-refractivity contribution in [2.75, 3.05) is 27.3 Å². The standard InChI is InChI=1S/C15H31N3O/c1-12-6-8-15(9-7-12,18(2)3)14(17-16)13-5-4-10-19-11-13/h12-14,17H,4-11,16H2,1-3H3. The first-order chi connectivity index (χ1) is 9.10. The molecule has 0 radical (unpaired) electrons. The van der Waals surface area contributed by atoms with Gasteiger partial charge in [-0.3, -0.25) is 11.3 Å². The van der Waals surface area contributed by atoms with Crippen LogP contribution >= 0.6 is 0 Å². The topological polar surface area (TPSA) is 50.5 Å². The molecule has 3 N–H and O–H groups in total. The second kappa shape index (κ2) is 6.53. The Hall–Kier alpha value is -0.160. The molecule has 1 heterocycles. The zero-order valence-electron chi connectivity index (χ0n) is 12.8. The number of hydrogen-bond donors (Lipinski definition) is 2. The van der Waals surface area contributed by atoms with Gasteiger partial charge in [0.25, 0.3) is 0 Å². The van der Waals surface area contributed by atoms with Crippen LogP contribution in [0.25, 0.3) is 0 Å². The second-order valence-corrected chi connectivity index (χ2v) is 6.80. The highest BCUT2D eigenvalue weighted by molar-refractivity contribution is 5.03. The molecular weight excluding hydrogens is 238 g/mol. The van der Waals surface area contributed by atoms with E-state index in [0.717, 1.165) is 19.1 Å². The number of hydrazine groups is 1. The predicted molar refractivity (Wildman–Crippen MR) is 78.7 cm³/mol. The Labute approximate surface area is 118 Å². The first kappa shape index (κ1) is 15.2. The van der Waals surface area contributed by atoms with Crippen LogP contribution in [0.3, 0.4) is 0 Å². The third-order valence-electron chi connectivity index (χ3n) is 5.46. The maximum absolute atomic E-state index is 5.96. The van der Waals surface area contributed by atoms with Gasteiger partial charge in [0.1, 0.15) is 0 Å². The molecule has 4 nitrogen and oxygen atoms in total. The second-order valence-electron chi connectivity index (χ2n) is 6.80. The smallest absolute Gasteiger partial charge is 0.0510 e. The average Bonchev–Trinajstić information content (AvgIpc) is 2.43. The van der Waals surface area contributed by atoms with Crippen LogP contribution in [0.2, 0.25) is 0 Å². The van der Waals surface area contributed by atoms with E-state index in [2.05, 4.69) is 31.3 Å². The van der Waals surface area contributed by atoms with Crippen LogP contribution in [0.1, 0.15) is 45.4 Å². The van der Waals surface area contributed by atoms with E-state index < -0.39 is 0 Å². The molecule has 1 saturated heterocycles. The van der Waals surface area contributed by atoms with Crippen molar-refractivity contribution in [3.8, 4) is 0 Å². The van der Waals surface area contributed by atoms with Crippen molar-refractivity contribution in [3.05, 3.63) is 0 Å². The minimum atomic E-state index is 0.201. The lowest BCUT2D eigenvalue weighted by Crippen LogP contribution is -2.65. The van der Waals surface area contributed by atoms with E-state index in [1.807, 2.05) is 0 Å². The Bertz CT molecular complexity index is 269. The van der Waals surface area contributed by atoms with E-state index in [9.17, 15) is 0 Å². The Morgan fingerprint density at radius 2 is 1.95 bits per heavy atom. The molecule has 0 aromatic rings. The molecule has 4 heteroatoms. The summed E-state index contributed by atoms with van der Waals surface area (Å²) in [5.74, 6) is 7.37. The van der Waals surface area contributed by atoms with Crippen molar-refractivity contribution in [2.45, 2.75) is 57.0 Å². The summed E-state index contributed by atoms with van der Waals surface area (Å²) in [5.41, 5.74) is 3.36. The van der Waals surface area contributed by atoms with Crippen LogP contribution in [0.15, 0.2) is 0 Å². The molecule has 1 aliphatic carbocycles. The molecule has 112 valence electrons. The molecule has 0 bridgehead atoms. The third-order valence-corrected chi connectivity index (χ3v) is 5.46. The molecule has 0 amide bonds. The molecule has 2 rings (SSSR count). The Morgan fingerprint density at radius 3 is 2.42 bits per heavy atom. The van der Waals surface area contributed by atoms with Crippen molar-refractivity contribution in [3.63, 3.8) is 0 Å². The maximum atomic E-state index is 5.96. The summed E-state index contributed by atoms with van der Waals surface area (Å²) in [7, 11) is 4.42. The number of rotatable bonds is 4. The van der Waals surface area contributed by atoms with Gasteiger partial charge in [-0.2, -0.15) is 0 Å². The summed E-state index contributed by atoms with van der Waals surface area (Å²) in [4.78, 5) is 2.41. The van der Waals surface area contributed by atoms with E-state index in [-0.39, 0.29) is 5.54 Å². The fourth-order valence-electron chi connectivity index (χ4n) is 4.06. The van der Waals surface area contributed by atoms with Gasteiger partial charge in [-0.1, -0.05) is 6.92 Å². The lowest BCUT2D eigenvalue weighted by atomic mass is 9.68. The highest BCUT2D eigenvalue weighted by atomic mass is 16.5. The monoisotopic (exact) mass is 269 g/mol. The van der Waals surface area contributed by atoms with Crippen LogP contribution in [0.4, 0.5) is 0 Å². The molecule has 2 aliphatic rings. The lowest BCUT2D eigenvalue weighted by Gasteiger charge is -2.52. The minimum Gasteiger partial charge on any atom is -0.381 e. The molecule has 2 fully saturated rings. The fourth-order valence-corrected chi connectivity index (χ4v) is 4.06. The van der Waals surface area contributed by atoms with Crippen LogP contribution in [-0.4, -0.2) is 43.8 Å². The van der Waals surface area contributed by atoms with Crippen molar-refractivity contribution >= 4 is 0 Å². The summed E-state index contributed by atoms with van der Waals surface area (Å²) < 4.78 is 5.69. The third kappa shape index (κ3) is 3.13. The van der Waals surface area contributed by atoms with Crippen molar-refractivity contribution in [1.82, 2.24) is 10.3 Å². The summed E-state index contributed by atoms with van der Waals surface area (Å²) >= 11 is 0. The van der Waals surface area contributed by atoms with Gasteiger partial charge in [0, 0.05) is 24.1 Å². The number of hydrogen-bond acceptors (Lipinski definition) is 4. The first-order valence-corrected chi connectivity index (χ1v) is 7.81. The van der Waals surface area contributed by atoms with E-state index in [1.165, 1.54) is 38.5 Å². The predicted octanol–water partition coefficient (Wildman–Crippen LogP) is 1.76. The average molecular weight is 269 g/mol. The molecular formula is C15H31N3O. The van der Waals surface area contributed by atoms with Gasteiger partial charge in [-0.25, -0.2) is 0 Å². The SMILES string of the molecule is CC1CCC(C(NN)C2CCCOC2)(N(C)C)CC1. The molecule has 0 aromatic carbocycles. The van der Waals surface area contributed by atoms with E-state index in [4.69, 9.17) is 10.6 Å². The zero-order chi connectivity index (χ0) is 13.9. The normalized spacial score (nSPS) is 38.4. The van der Waals surface area contributed by atoms with E-state index in [0.29, 0.717) is 12.0 Å². The fraction of sp³-hybridized carbons (Fsp3) is 1.00. The van der Waals surface area contributed by atoms with E-state index in [1.54, 1.807) is 0 Å². The number of nitrogens with one attached hydrogen (secondary N) is 1. The summed E-state index contributed by atoms with van der Waals surface area (Å²) in [6.07, 6.45) is 7.51. The summed E-state index contributed by atoms with van der Waals surface area (Å²) in [6, 6.07) is 0.343. The van der Waals surface area contributed by atoms with Crippen LogP contribution in [0, 0.1) is 11.8 Å². The zero-order valence-corrected chi connectivity index (χ0v) is 12.8. The van der Waals surface area contributed by atoms with Crippen molar-refractivity contribution in [1.29, 1.82) is 0 Å². The van der Waals surface area contributed by atoms with Gasteiger partial charge in [0.15, 0.2) is 0 Å². The van der Waals surface area contributed by atoms with Crippen molar-refractivity contribution in [2.24, 2.45) is 17.7 Å². The van der Waals surface area contributed by atoms with Crippen LogP contribution in [-0.2, 0) is 4.74 Å². The molecule has 1 saturated carbocycles. The Kier molecular flexibility index (Phi) is 5.23. The maximum Gasteiger partial charge on any atom is 0.0510 e. The quantitative estimate of drug-likeness (QED) is 0.603. The molecule has 0 spiro atoms. The van der Waals surface area contributed by atoms with Crippen LogP contribution in [0.5, 0.6) is 0 Å². The van der Waals surface area contributed by atoms with Gasteiger partial charge >= 0.3 is 0 Å². The molecule has 2 unspecified atom stereocenters. The summed E-state index contributed by atoms with van der Waals surface area (Å²) in [5, 5.41) is 0. The van der Waals surface area contributed by atoms with Crippen LogP contribution < -0.4 is 11.3 Å². The number of nitrogens with zero attached hydrogens (tertiary/aromatic N) is 1. The lowest BCUT2D eigenvalue weighted by molar-refractivity contribution is -0.0263. The van der Waals surface area contributed by atoms with Gasteiger partial charge in [-0.15, -0.1) is 0 Å². The van der Waals surface area contributed by atoms with Crippen molar-refractivity contribution < 1.29 is 4.74 Å². The summed E-state index contributed by atoms with van der Waals surface area (Å²) in [6.45, 7) is 4.15. The van der Waals surface area contributed by atoms with E-state index >= 15 is 0 Å². The minimum absolute atomic E-state index is 0.201. The number of nitrogens with two attached hydrogens (primary N) is 1. The molecule has 0 aromatic heterocycles. The Balaban J connectivity index is 2.15. The van der Waals surface area contributed by atoms with Gasteiger partial charge in [0.05, 0.1) is 6.61 Å². The van der Waals surface area contributed by atoms with Gasteiger partial charge < -0.3 is 9.64 Å². The highest BCUT2D eigenvalue weighted by Crippen LogP contribution is 2.40. The first-order valence-electron chi connectivity index (χ1n) is 7.81. The number of likely N-dealkylation sites (N-methyl/N-ethyl adjacent to an activating group) is 1. The largest absolute Gasteiger partial charge is 0.381 e. The van der Waals surface area contributed by atoms with Gasteiger partial charge in [0.2, 0.25) is 0 Å². The molecule has 1 aliphatic heterocycles. The molecule has 19 heavy (non-hydrogen) atoms. The number of ether oxygens (including phenoxy) is 1. The van der Waals surface area contributed by atoms with Gasteiger partial charge in [-0.05, 0) is 58.5 Å². The highest BCUT2D eigenvalue weighted by Gasteiger charge is 2.46. The molecule has 2 atom stereocenters. The Morgan fingerprint density at radius 1 is 1.26 bits per heavy atom.